The first kappa shape index (κ1) is 20.7. The van der Waals surface area contributed by atoms with E-state index in [1.807, 2.05) is 52.1 Å². The molecule has 158 valence electrons. The Morgan fingerprint density at radius 1 is 0.967 bits per heavy atom. The third-order valence-corrected chi connectivity index (χ3v) is 6.14. The first-order valence-corrected chi connectivity index (χ1v) is 11.6. The average Bonchev–Trinajstić information content (AvgIpc) is 3.43. The number of hydrogen-bond acceptors (Lipinski definition) is 6. The second-order valence-corrected chi connectivity index (χ2v) is 8.42. The minimum atomic E-state index is 0.174. The number of rotatable bonds is 8. The molecule has 8 heteroatoms. The highest BCUT2D eigenvalue weighted by Gasteiger charge is 2.20. The number of hydrogen-bond donors (Lipinski definition) is 0. The summed E-state index contributed by atoms with van der Waals surface area (Å²) in [6.07, 6.45) is 4.37. The van der Waals surface area contributed by atoms with E-state index in [1.165, 1.54) is 0 Å². The second kappa shape index (κ2) is 10.4. The Balaban J connectivity index is 1.14. The zero-order valence-electron chi connectivity index (χ0n) is 17.2. The lowest BCUT2D eigenvalue weighted by Crippen LogP contribution is -2.35. The fraction of sp³-hybridized carbons (Fsp3) is 0.455. The molecular formula is C22H28N6OS. The topological polar surface area (TPSA) is 67.2 Å². The molecule has 0 N–H and O–H groups in total. The van der Waals surface area contributed by atoms with Crippen LogP contribution in [0, 0.1) is 0 Å². The molecule has 7 nitrogen and oxygen atoms in total. The molecule has 4 rings (SSSR count). The van der Waals surface area contributed by atoms with Crippen molar-refractivity contribution in [2.45, 2.75) is 32.2 Å². The van der Waals surface area contributed by atoms with Gasteiger partial charge in [0, 0.05) is 30.6 Å². The fourth-order valence-corrected chi connectivity index (χ4v) is 4.40. The van der Waals surface area contributed by atoms with E-state index in [-0.39, 0.29) is 5.91 Å². The summed E-state index contributed by atoms with van der Waals surface area (Å²) in [6.45, 7) is 5.58. The predicted molar refractivity (Wildman–Crippen MR) is 118 cm³/mol. The van der Waals surface area contributed by atoms with E-state index in [4.69, 9.17) is 0 Å². The van der Waals surface area contributed by atoms with Crippen molar-refractivity contribution in [1.82, 2.24) is 30.0 Å². The number of aromatic nitrogens is 4. The summed E-state index contributed by atoms with van der Waals surface area (Å²) in [6, 6.07) is 11.9. The van der Waals surface area contributed by atoms with Crippen LogP contribution in [-0.2, 0) is 6.54 Å². The van der Waals surface area contributed by atoms with E-state index in [1.54, 1.807) is 16.1 Å². The lowest BCUT2D eigenvalue weighted by molar-refractivity contribution is 0.0762. The maximum atomic E-state index is 12.5. The maximum absolute atomic E-state index is 12.5. The third kappa shape index (κ3) is 5.52. The van der Waals surface area contributed by atoms with Crippen LogP contribution in [-0.4, -0.2) is 68.6 Å². The molecule has 30 heavy (non-hydrogen) atoms. The van der Waals surface area contributed by atoms with Crippen LogP contribution in [0.15, 0.2) is 47.2 Å². The molecule has 1 amide bonds. The van der Waals surface area contributed by atoms with Crippen molar-refractivity contribution in [1.29, 1.82) is 0 Å². The summed E-state index contributed by atoms with van der Waals surface area (Å²) in [5.74, 6) is 0.857. The van der Waals surface area contributed by atoms with Crippen molar-refractivity contribution in [2.75, 3.05) is 32.7 Å². The average molecular weight is 425 g/mol. The molecule has 1 aliphatic heterocycles. The van der Waals surface area contributed by atoms with Crippen LogP contribution < -0.4 is 0 Å². The molecule has 1 aromatic carbocycles. The zero-order chi connectivity index (χ0) is 20.6. The second-order valence-electron chi connectivity index (χ2n) is 7.64. The number of benzene rings is 1. The quantitative estimate of drug-likeness (QED) is 0.519. The number of tetrazole rings is 1. The summed E-state index contributed by atoms with van der Waals surface area (Å²) >= 11 is 1.58. The molecule has 0 unspecified atom stereocenters. The maximum Gasteiger partial charge on any atom is 0.254 e. The van der Waals surface area contributed by atoms with Gasteiger partial charge < -0.3 is 9.80 Å². The van der Waals surface area contributed by atoms with E-state index in [0.29, 0.717) is 5.82 Å². The smallest absolute Gasteiger partial charge is 0.254 e. The highest BCUT2D eigenvalue weighted by Crippen LogP contribution is 2.14. The van der Waals surface area contributed by atoms with Gasteiger partial charge in [0.1, 0.15) is 0 Å². The van der Waals surface area contributed by atoms with Crippen LogP contribution in [0.5, 0.6) is 0 Å². The van der Waals surface area contributed by atoms with Crippen LogP contribution in [0.3, 0.4) is 0 Å². The van der Waals surface area contributed by atoms with Crippen molar-refractivity contribution >= 4 is 17.2 Å². The van der Waals surface area contributed by atoms with Crippen LogP contribution in [0.25, 0.3) is 11.4 Å². The normalized spacial score (nSPS) is 15.3. The van der Waals surface area contributed by atoms with E-state index in [0.717, 1.165) is 76.1 Å². The van der Waals surface area contributed by atoms with Gasteiger partial charge in [0.15, 0.2) is 0 Å². The number of unbranched alkanes of at least 4 members (excludes halogenated alkanes) is 2. The number of thiophene rings is 1. The van der Waals surface area contributed by atoms with Gasteiger partial charge >= 0.3 is 0 Å². The summed E-state index contributed by atoms with van der Waals surface area (Å²) in [4.78, 5) is 18.7. The SMILES string of the molecule is O=C(c1ccsc1)N1CCCN(CCCCCn2nnc(-c3ccccc3)n2)CC1. The first-order chi connectivity index (χ1) is 14.8. The van der Waals surface area contributed by atoms with Crippen LogP contribution in [0.2, 0.25) is 0 Å². The first-order valence-electron chi connectivity index (χ1n) is 10.7. The molecule has 1 saturated heterocycles. The third-order valence-electron chi connectivity index (χ3n) is 5.46. The minimum Gasteiger partial charge on any atom is -0.337 e. The lowest BCUT2D eigenvalue weighted by atomic mass is 10.2. The van der Waals surface area contributed by atoms with Crippen molar-refractivity contribution in [3.8, 4) is 11.4 Å². The van der Waals surface area contributed by atoms with Crippen LogP contribution in [0.1, 0.15) is 36.0 Å². The van der Waals surface area contributed by atoms with Gasteiger partial charge in [-0.1, -0.05) is 36.8 Å². The molecule has 0 saturated carbocycles. The van der Waals surface area contributed by atoms with Gasteiger partial charge in [-0.2, -0.15) is 16.1 Å². The van der Waals surface area contributed by atoms with E-state index < -0.39 is 0 Å². The predicted octanol–water partition coefficient (Wildman–Crippen LogP) is 3.42. The highest BCUT2D eigenvalue weighted by atomic mass is 32.1. The molecule has 0 bridgehead atoms. The molecule has 3 heterocycles. The number of aryl methyl sites for hydroxylation is 1. The zero-order valence-corrected chi connectivity index (χ0v) is 18.0. The Hall–Kier alpha value is -2.58. The standard InChI is InChI=1S/C22H28N6OS/c29-22(20-10-17-30-18-20)27-13-7-12-26(15-16-27)11-5-2-6-14-28-24-21(23-25-28)19-8-3-1-4-9-19/h1,3-4,8-10,17-18H,2,5-7,11-16H2. The molecule has 0 radical (unpaired) electrons. The van der Waals surface area contributed by atoms with Gasteiger partial charge in [0.25, 0.3) is 5.91 Å². The summed E-state index contributed by atoms with van der Waals surface area (Å²) < 4.78 is 0. The minimum absolute atomic E-state index is 0.174. The Kier molecular flexibility index (Phi) is 7.20. The molecular weight excluding hydrogens is 396 g/mol. The molecule has 0 atom stereocenters. The van der Waals surface area contributed by atoms with Gasteiger partial charge in [0.05, 0.1) is 12.1 Å². The molecule has 1 fully saturated rings. The molecule has 2 aromatic heterocycles. The number of carbonyl (C=O) groups excluding carboxylic acids is 1. The Bertz CT molecular complexity index is 911. The van der Waals surface area contributed by atoms with Crippen molar-refractivity contribution in [3.63, 3.8) is 0 Å². The van der Waals surface area contributed by atoms with Gasteiger partial charge in [0.2, 0.25) is 5.82 Å². The van der Waals surface area contributed by atoms with E-state index >= 15 is 0 Å². The Morgan fingerprint density at radius 2 is 1.83 bits per heavy atom. The van der Waals surface area contributed by atoms with Gasteiger partial charge in [-0.15, -0.1) is 10.2 Å². The largest absolute Gasteiger partial charge is 0.337 e. The summed E-state index contributed by atoms with van der Waals surface area (Å²) in [5, 5.41) is 16.7. The molecule has 0 aliphatic carbocycles. The Morgan fingerprint density at radius 3 is 2.67 bits per heavy atom. The van der Waals surface area contributed by atoms with Gasteiger partial charge in [-0.3, -0.25) is 4.79 Å². The fourth-order valence-electron chi connectivity index (χ4n) is 3.77. The number of nitrogens with zero attached hydrogens (tertiary/aromatic N) is 6. The van der Waals surface area contributed by atoms with Crippen molar-refractivity contribution in [2.24, 2.45) is 0 Å². The molecule has 3 aromatic rings. The number of carbonyl (C=O) groups is 1. The van der Waals surface area contributed by atoms with E-state index in [2.05, 4.69) is 20.3 Å². The summed E-state index contributed by atoms with van der Waals surface area (Å²) in [5.41, 5.74) is 1.82. The molecule has 0 spiro atoms. The molecule has 1 aliphatic rings. The van der Waals surface area contributed by atoms with Crippen molar-refractivity contribution in [3.05, 3.63) is 52.7 Å². The van der Waals surface area contributed by atoms with Crippen LogP contribution >= 0.6 is 11.3 Å². The van der Waals surface area contributed by atoms with E-state index in [9.17, 15) is 4.79 Å². The van der Waals surface area contributed by atoms with Crippen molar-refractivity contribution < 1.29 is 4.79 Å². The van der Waals surface area contributed by atoms with Gasteiger partial charge in [-0.05, 0) is 49.0 Å². The number of amides is 1. The van der Waals surface area contributed by atoms with Crippen LogP contribution in [0.4, 0.5) is 0 Å². The summed E-state index contributed by atoms with van der Waals surface area (Å²) in [7, 11) is 0. The van der Waals surface area contributed by atoms with Gasteiger partial charge in [-0.25, -0.2) is 0 Å². The monoisotopic (exact) mass is 424 g/mol. The lowest BCUT2D eigenvalue weighted by Gasteiger charge is -2.21. The highest BCUT2D eigenvalue weighted by molar-refractivity contribution is 7.08. The Labute approximate surface area is 181 Å².